The van der Waals surface area contributed by atoms with Crippen molar-refractivity contribution >= 4 is 17.6 Å². The Morgan fingerprint density at radius 3 is 1.96 bits per heavy atom. The van der Waals surface area contributed by atoms with Gasteiger partial charge in [-0.25, -0.2) is 4.79 Å². The molecule has 0 aliphatic rings. The van der Waals surface area contributed by atoms with Crippen molar-refractivity contribution in [3.63, 3.8) is 0 Å². The molecule has 0 atom stereocenters. The van der Waals surface area contributed by atoms with Gasteiger partial charge in [-0.05, 0) is 48.9 Å². The molecule has 132 valence electrons. The van der Waals surface area contributed by atoms with Gasteiger partial charge in [-0.1, -0.05) is 12.1 Å². The molecule has 0 unspecified atom stereocenters. The van der Waals surface area contributed by atoms with E-state index < -0.39 is 5.97 Å². The van der Waals surface area contributed by atoms with Crippen LogP contribution in [0.25, 0.3) is 0 Å². The van der Waals surface area contributed by atoms with Crippen molar-refractivity contribution < 1.29 is 14.3 Å². The lowest BCUT2D eigenvalue weighted by atomic mass is 10.1. The second-order valence-electron chi connectivity index (χ2n) is 5.95. The Morgan fingerprint density at radius 1 is 0.920 bits per heavy atom. The number of hydrogen-bond acceptors (Lipinski definition) is 4. The Hall–Kier alpha value is -2.82. The summed E-state index contributed by atoms with van der Waals surface area (Å²) in [6.45, 7) is 3.10. The Morgan fingerprint density at radius 2 is 1.48 bits per heavy atom. The lowest BCUT2D eigenvalue weighted by Crippen LogP contribution is -2.30. The fraction of sp³-hybridized carbons (Fsp3) is 0.300. The molecular formula is C20H24N2O3. The van der Waals surface area contributed by atoms with E-state index in [1.54, 1.807) is 29.2 Å². The molecule has 5 nitrogen and oxygen atoms in total. The van der Waals surface area contributed by atoms with E-state index in [1.165, 1.54) is 7.11 Å². The number of carbonyl (C=O) groups excluding carboxylic acids is 2. The largest absolute Gasteiger partial charge is 0.465 e. The topological polar surface area (TPSA) is 49.9 Å². The minimum Gasteiger partial charge on any atom is -0.465 e. The van der Waals surface area contributed by atoms with Crippen LogP contribution in [0.15, 0.2) is 48.5 Å². The number of amides is 1. The second kappa shape index (κ2) is 8.33. The van der Waals surface area contributed by atoms with E-state index in [9.17, 15) is 9.59 Å². The molecule has 0 spiro atoms. The molecule has 2 rings (SSSR count). The lowest BCUT2D eigenvalue weighted by Gasteiger charge is -2.22. The third-order valence-electron chi connectivity index (χ3n) is 4.05. The number of esters is 1. The number of ether oxygens (including phenoxy) is 1. The molecule has 2 aromatic carbocycles. The van der Waals surface area contributed by atoms with E-state index in [4.69, 9.17) is 0 Å². The van der Waals surface area contributed by atoms with Crippen LogP contribution in [0, 0.1) is 0 Å². The standard InChI is InChI=1S/C20H24N2O3/c1-5-22(14-15-6-12-18(13-7-15)21(2)3)19(23)16-8-10-17(11-9-16)20(24)25-4/h6-13H,5,14H2,1-4H3. The van der Waals surface area contributed by atoms with Crippen LogP contribution in [0.1, 0.15) is 33.2 Å². The zero-order chi connectivity index (χ0) is 18.4. The van der Waals surface area contributed by atoms with Crippen molar-refractivity contribution in [3.8, 4) is 0 Å². The summed E-state index contributed by atoms with van der Waals surface area (Å²) in [6, 6.07) is 14.7. The van der Waals surface area contributed by atoms with Gasteiger partial charge in [0.15, 0.2) is 0 Å². The van der Waals surface area contributed by atoms with Gasteiger partial charge in [0.1, 0.15) is 0 Å². The average molecular weight is 340 g/mol. The quantitative estimate of drug-likeness (QED) is 0.758. The maximum absolute atomic E-state index is 12.7. The van der Waals surface area contributed by atoms with E-state index in [-0.39, 0.29) is 5.91 Å². The summed E-state index contributed by atoms with van der Waals surface area (Å²) in [7, 11) is 5.32. The molecule has 25 heavy (non-hydrogen) atoms. The molecule has 0 N–H and O–H groups in total. The third-order valence-corrected chi connectivity index (χ3v) is 4.05. The summed E-state index contributed by atoms with van der Waals surface area (Å²) in [5.41, 5.74) is 3.18. The van der Waals surface area contributed by atoms with E-state index >= 15 is 0 Å². The van der Waals surface area contributed by atoms with Crippen LogP contribution in [0.5, 0.6) is 0 Å². The number of benzene rings is 2. The van der Waals surface area contributed by atoms with Gasteiger partial charge in [0.25, 0.3) is 5.91 Å². The highest BCUT2D eigenvalue weighted by atomic mass is 16.5. The summed E-state index contributed by atoms with van der Waals surface area (Å²) < 4.78 is 4.67. The first-order chi connectivity index (χ1) is 12.0. The van der Waals surface area contributed by atoms with Crippen LogP contribution in [0.2, 0.25) is 0 Å². The van der Waals surface area contributed by atoms with E-state index in [1.807, 2.05) is 50.2 Å². The fourth-order valence-corrected chi connectivity index (χ4v) is 2.50. The van der Waals surface area contributed by atoms with Crippen LogP contribution in [0.3, 0.4) is 0 Å². The second-order valence-corrected chi connectivity index (χ2v) is 5.95. The molecule has 0 aromatic heterocycles. The zero-order valence-electron chi connectivity index (χ0n) is 15.2. The van der Waals surface area contributed by atoms with Crippen molar-refractivity contribution in [3.05, 3.63) is 65.2 Å². The first-order valence-corrected chi connectivity index (χ1v) is 8.20. The van der Waals surface area contributed by atoms with Crippen molar-refractivity contribution in [1.29, 1.82) is 0 Å². The van der Waals surface area contributed by atoms with Crippen LogP contribution in [-0.2, 0) is 11.3 Å². The summed E-state index contributed by atoms with van der Waals surface area (Å²) in [6.07, 6.45) is 0. The van der Waals surface area contributed by atoms with Gasteiger partial charge in [-0.15, -0.1) is 0 Å². The molecule has 5 heteroatoms. The number of anilines is 1. The molecule has 2 aromatic rings. The molecular weight excluding hydrogens is 316 g/mol. The normalized spacial score (nSPS) is 10.2. The molecule has 0 bridgehead atoms. The van der Waals surface area contributed by atoms with Crippen molar-refractivity contribution in [2.24, 2.45) is 0 Å². The number of carbonyl (C=O) groups is 2. The van der Waals surface area contributed by atoms with Gasteiger partial charge in [-0.3, -0.25) is 4.79 Å². The molecule has 0 saturated heterocycles. The smallest absolute Gasteiger partial charge is 0.337 e. The highest BCUT2D eigenvalue weighted by molar-refractivity contribution is 5.96. The van der Waals surface area contributed by atoms with Gasteiger partial charge in [0, 0.05) is 38.4 Å². The maximum atomic E-state index is 12.7. The predicted octanol–water partition coefficient (Wildman–Crippen LogP) is 3.20. The van der Waals surface area contributed by atoms with Gasteiger partial charge in [-0.2, -0.15) is 0 Å². The minimum atomic E-state index is -0.410. The van der Waals surface area contributed by atoms with E-state index in [0.29, 0.717) is 24.2 Å². The van der Waals surface area contributed by atoms with Gasteiger partial charge in [0.2, 0.25) is 0 Å². The summed E-state index contributed by atoms with van der Waals surface area (Å²) in [4.78, 5) is 28.0. The number of methoxy groups -OCH3 is 1. The molecule has 0 aliphatic carbocycles. The Labute approximate surface area is 148 Å². The predicted molar refractivity (Wildman–Crippen MR) is 99.0 cm³/mol. The first kappa shape index (κ1) is 18.5. The SMILES string of the molecule is CCN(Cc1ccc(N(C)C)cc1)C(=O)c1ccc(C(=O)OC)cc1. The summed E-state index contributed by atoms with van der Waals surface area (Å²) >= 11 is 0. The van der Waals surface area contributed by atoms with Crippen LogP contribution >= 0.6 is 0 Å². The number of hydrogen-bond donors (Lipinski definition) is 0. The van der Waals surface area contributed by atoms with Crippen molar-refractivity contribution in [1.82, 2.24) is 4.90 Å². The minimum absolute atomic E-state index is 0.0596. The Kier molecular flexibility index (Phi) is 6.17. The van der Waals surface area contributed by atoms with Crippen LogP contribution in [-0.4, -0.2) is 44.5 Å². The van der Waals surface area contributed by atoms with Gasteiger partial charge in [0.05, 0.1) is 12.7 Å². The van der Waals surface area contributed by atoms with Crippen molar-refractivity contribution in [2.75, 3.05) is 32.6 Å². The molecule has 0 saturated carbocycles. The van der Waals surface area contributed by atoms with Crippen molar-refractivity contribution in [2.45, 2.75) is 13.5 Å². The third kappa shape index (κ3) is 4.59. The molecule has 0 aliphatic heterocycles. The fourth-order valence-electron chi connectivity index (χ4n) is 2.50. The molecule has 0 fully saturated rings. The Balaban J connectivity index is 2.11. The first-order valence-electron chi connectivity index (χ1n) is 8.20. The average Bonchev–Trinajstić information content (AvgIpc) is 2.65. The van der Waals surface area contributed by atoms with Crippen LogP contribution < -0.4 is 4.90 Å². The monoisotopic (exact) mass is 340 g/mol. The molecule has 0 radical (unpaired) electrons. The lowest BCUT2D eigenvalue weighted by molar-refractivity contribution is 0.0599. The molecule has 0 heterocycles. The highest BCUT2D eigenvalue weighted by Gasteiger charge is 2.15. The van der Waals surface area contributed by atoms with Crippen LogP contribution in [0.4, 0.5) is 5.69 Å². The summed E-state index contributed by atoms with van der Waals surface area (Å²) in [5, 5.41) is 0. The van der Waals surface area contributed by atoms with E-state index in [2.05, 4.69) is 4.74 Å². The van der Waals surface area contributed by atoms with Gasteiger partial charge >= 0.3 is 5.97 Å². The van der Waals surface area contributed by atoms with Gasteiger partial charge < -0.3 is 14.5 Å². The highest BCUT2D eigenvalue weighted by Crippen LogP contribution is 2.15. The maximum Gasteiger partial charge on any atom is 0.337 e. The number of rotatable bonds is 6. The summed E-state index contributed by atoms with van der Waals surface area (Å²) in [5.74, 6) is -0.470. The Bertz CT molecular complexity index is 722. The number of nitrogens with zero attached hydrogens (tertiary/aromatic N) is 2. The van der Waals surface area contributed by atoms with E-state index in [0.717, 1.165) is 11.3 Å². The molecule has 1 amide bonds. The zero-order valence-corrected chi connectivity index (χ0v) is 15.2.